The zero-order chi connectivity index (χ0) is 30.6. The van der Waals surface area contributed by atoms with Crippen molar-refractivity contribution in [1.82, 2.24) is 15.2 Å². The normalized spacial score (nSPS) is 14.9. The van der Waals surface area contributed by atoms with Gasteiger partial charge in [-0.25, -0.2) is 0 Å². The summed E-state index contributed by atoms with van der Waals surface area (Å²) in [7, 11) is 0. The highest BCUT2D eigenvalue weighted by Gasteiger charge is 2.11. The number of carbonyl (C=O) groups is 2. The lowest BCUT2D eigenvalue weighted by atomic mass is 10.1. The second kappa shape index (κ2) is 25.2. The second-order valence-electron chi connectivity index (χ2n) is 10.6. The standard InChI is InChI=1S/C37H53N3O3/c1-2-3-4-5-6-7-8-9-10-11-12-13-14-15-16-17-18-19-20-22-36(41)23-21-27-38-37(42)34-24-25-35(39-33-34)26-28-40-29-31-43-32-30-40/h3-4,6-7,9-10,12-13,15-16,18-19,24-25,33H,2,5,8,11,14,17,20-23,26-32H2,1H3,(H,38,42)/b4-3-,7-6-,10-9-,13-12-,16-15-,19-18-. The number of nitrogens with one attached hydrogen (secondary N) is 1. The number of amides is 1. The molecule has 234 valence electrons. The Labute approximate surface area is 260 Å². The SMILES string of the molecule is CC/C=C\C/C=C\C/C=C\C/C=C\C/C=C\C/C=C\CCC(=O)CCCNC(=O)c1ccc(CCN2CCOCC2)nc1. The van der Waals surface area contributed by atoms with E-state index in [4.69, 9.17) is 4.74 Å². The number of rotatable bonds is 22. The van der Waals surface area contributed by atoms with Crippen molar-refractivity contribution in [3.8, 4) is 0 Å². The number of ether oxygens (including phenoxy) is 1. The summed E-state index contributed by atoms with van der Waals surface area (Å²) in [5, 5.41) is 2.90. The Hall–Kier alpha value is -3.35. The third-order valence-corrected chi connectivity index (χ3v) is 6.98. The van der Waals surface area contributed by atoms with E-state index in [1.54, 1.807) is 6.20 Å². The molecule has 0 saturated carbocycles. The van der Waals surface area contributed by atoms with E-state index in [1.807, 2.05) is 12.1 Å². The number of hydrogen-bond donors (Lipinski definition) is 1. The largest absolute Gasteiger partial charge is 0.379 e. The van der Waals surface area contributed by atoms with Crippen molar-refractivity contribution in [3.63, 3.8) is 0 Å². The third kappa shape index (κ3) is 19.5. The quantitative estimate of drug-likeness (QED) is 0.112. The number of nitrogens with zero attached hydrogens (tertiary/aromatic N) is 2. The molecule has 2 heterocycles. The molecule has 0 aliphatic carbocycles. The Bertz CT molecular complexity index is 1060. The van der Waals surface area contributed by atoms with E-state index in [9.17, 15) is 9.59 Å². The lowest BCUT2D eigenvalue weighted by molar-refractivity contribution is -0.119. The van der Waals surface area contributed by atoms with Gasteiger partial charge in [-0.15, -0.1) is 0 Å². The molecule has 43 heavy (non-hydrogen) atoms. The third-order valence-electron chi connectivity index (χ3n) is 6.98. The van der Waals surface area contributed by atoms with Crippen LogP contribution in [0.15, 0.2) is 91.2 Å². The average Bonchev–Trinajstić information content (AvgIpc) is 3.04. The van der Waals surface area contributed by atoms with E-state index in [0.717, 1.165) is 89.9 Å². The summed E-state index contributed by atoms with van der Waals surface area (Å²) in [4.78, 5) is 31.4. The number of pyridine rings is 1. The molecule has 1 fully saturated rings. The van der Waals surface area contributed by atoms with Gasteiger partial charge in [-0.1, -0.05) is 79.8 Å². The van der Waals surface area contributed by atoms with E-state index in [-0.39, 0.29) is 11.7 Å². The molecule has 0 bridgehead atoms. The Balaban J connectivity index is 1.43. The van der Waals surface area contributed by atoms with Gasteiger partial charge in [0.15, 0.2) is 0 Å². The predicted octanol–water partition coefficient (Wildman–Crippen LogP) is 7.51. The molecule has 1 aliphatic heterocycles. The summed E-state index contributed by atoms with van der Waals surface area (Å²) in [5.41, 5.74) is 1.54. The zero-order valence-electron chi connectivity index (χ0n) is 26.3. The fourth-order valence-corrected chi connectivity index (χ4v) is 4.40. The summed E-state index contributed by atoms with van der Waals surface area (Å²) >= 11 is 0. The van der Waals surface area contributed by atoms with Gasteiger partial charge in [-0.2, -0.15) is 0 Å². The van der Waals surface area contributed by atoms with Crippen LogP contribution in [0.25, 0.3) is 0 Å². The highest BCUT2D eigenvalue weighted by Crippen LogP contribution is 2.05. The highest BCUT2D eigenvalue weighted by molar-refractivity contribution is 5.93. The van der Waals surface area contributed by atoms with Gasteiger partial charge in [0.25, 0.3) is 5.91 Å². The number of ketones is 1. The fraction of sp³-hybridized carbons (Fsp3) is 0.486. The summed E-state index contributed by atoms with van der Waals surface area (Å²) in [5.74, 6) is 0.0951. The molecular weight excluding hydrogens is 534 g/mol. The van der Waals surface area contributed by atoms with Gasteiger partial charge in [0, 0.05) is 57.3 Å². The molecule has 6 heteroatoms. The van der Waals surface area contributed by atoms with Gasteiger partial charge in [0.05, 0.1) is 18.8 Å². The lowest BCUT2D eigenvalue weighted by Gasteiger charge is -2.26. The topological polar surface area (TPSA) is 71.5 Å². The number of aromatic nitrogens is 1. The van der Waals surface area contributed by atoms with Crippen molar-refractivity contribution in [2.24, 2.45) is 0 Å². The summed E-state index contributed by atoms with van der Waals surface area (Å²) in [6.45, 7) is 7.11. The number of carbonyl (C=O) groups excluding carboxylic acids is 2. The lowest BCUT2D eigenvalue weighted by Crippen LogP contribution is -2.37. The Morgan fingerprint density at radius 3 is 1.95 bits per heavy atom. The number of morpholine rings is 1. The Morgan fingerprint density at radius 2 is 1.40 bits per heavy atom. The van der Waals surface area contributed by atoms with E-state index in [1.165, 1.54) is 0 Å². The van der Waals surface area contributed by atoms with Crippen molar-refractivity contribution in [1.29, 1.82) is 0 Å². The molecule has 1 saturated heterocycles. The van der Waals surface area contributed by atoms with Crippen LogP contribution in [-0.2, 0) is 16.0 Å². The van der Waals surface area contributed by atoms with E-state index < -0.39 is 0 Å². The molecule has 0 unspecified atom stereocenters. The zero-order valence-corrected chi connectivity index (χ0v) is 26.3. The molecule has 0 spiro atoms. The van der Waals surface area contributed by atoms with Gasteiger partial charge in [-0.3, -0.25) is 19.5 Å². The maximum absolute atomic E-state index is 12.4. The van der Waals surface area contributed by atoms with Gasteiger partial charge < -0.3 is 10.1 Å². The van der Waals surface area contributed by atoms with Crippen molar-refractivity contribution in [2.45, 2.75) is 77.6 Å². The Kier molecular flexibility index (Phi) is 21.0. The van der Waals surface area contributed by atoms with Crippen LogP contribution in [0.5, 0.6) is 0 Å². The second-order valence-corrected chi connectivity index (χ2v) is 10.6. The molecule has 1 aliphatic rings. The molecule has 1 N–H and O–H groups in total. The molecular formula is C37H53N3O3. The van der Waals surface area contributed by atoms with Crippen LogP contribution >= 0.6 is 0 Å². The van der Waals surface area contributed by atoms with Crippen LogP contribution in [0.4, 0.5) is 0 Å². The minimum Gasteiger partial charge on any atom is -0.379 e. The van der Waals surface area contributed by atoms with E-state index in [2.05, 4.69) is 95.0 Å². The van der Waals surface area contributed by atoms with Crippen molar-refractivity contribution < 1.29 is 14.3 Å². The molecule has 0 radical (unpaired) electrons. The maximum atomic E-state index is 12.4. The van der Waals surface area contributed by atoms with Crippen LogP contribution in [-0.4, -0.2) is 61.0 Å². The highest BCUT2D eigenvalue weighted by atomic mass is 16.5. The molecule has 1 amide bonds. The maximum Gasteiger partial charge on any atom is 0.252 e. The van der Waals surface area contributed by atoms with Crippen LogP contribution in [0.1, 0.15) is 87.2 Å². The first kappa shape index (κ1) is 35.8. The van der Waals surface area contributed by atoms with Gasteiger partial charge >= 0.3 is 0 Å². The monoisotopic (exact) mass is 587 g/mol. The number of allylic oxidation sites excluding steroid dienone is 12. The minimum atomic E-state index is -0.141. The van der Waals surface area contributed by atoms with Crippen molar-refractivity contribution in [3.05, 3.63) is 102 Å². The van der Waals surface area contributed by atoms with Crippen LogP contribution in [0, 0.1) is 0 Å². The van der Waals surface area contributed by atoms with E-state index in [0.29, 0.717) is 31.4 Å². The average molecular weight is 588 g/mol. The Morgan fingerprint density at radius 1 is 0.814 bits per heavy atom. The van der Waals surface area contributed by atoms with Crippen LogP contribution in [0.3, 0.4) is 0 Å². The molecule has 0 aromatic carbocycles. The molecule has 1 aromatic rings. The molecule has 2 rings (SSSR count). The van der Waals surface area contributed by atoms with E-state index >= 15 is 0 Å². The molecule has 6 nitrogen and oxygen atoms in total. The summed E-state index contributed by atoms with van der Waals surface area (Å²) in [6.07, 6.45) is 37.0. The van der Waals surface area contributed by atoms with Gasteiger partial charge in [-0.05, 0) is 63.5 Å². The predicted molar refractivity (Wildman–Crippen MR) is 179 cm³/mol. The first-order chi connectivity index (χ1) is 21.2. The minimum absolute atomic E-state index is 0.141. The number of Topliss-reactive ketones (excluding diaryl/α,β-unsaturated/α-hetero) is 1. The number of hydrogen-bond acceptors (Lipinski definition) is 5. The van der Waals surface area contributed by atoms with Crippen LogP contribution < -0.4 is 5.32 Å². The van der Waals surface area contributed by atoms with Crippen molar-refractivity contribution >= 4 is 11.7 Å². The van der Waals surface area contributed by atoms with Crippen LogP contribution in [0.2, 0.25) is 0 Å². The summed E-state index contributed by atoms with van der Waals surface area (Å²) < 4.78 is 5.38. The first-order valence-corrected chi connectivity index (χ1v) is 16.1. The fourth-order valence-electron chi connectivity index (χ4n) is 4.40. The molecule has 0 atom stereocenters. The van der Waals surface area contributed by atoms with Crippen molar-refractivity contribution in [2.75, 3.05) is 39.4 Å². The first-order valence-electron chi connectivity index (χ1n) is 16.1. The molecule has 1 aromatic heterocycles. The van der Waals surface area contributed by atoms with Gasteiger partial charge in [0.2, 0.25) is 0 Å². The smallest absolute Gasteiger partial charge is 0.252 e. The van der Waals surface area contributed by atoms with Gasteiger partial charge in [0.1, 0.15) is 5.78 Å². The summed E-state index contributed by atoms with van der Waals surface area (Å²) in [6, 6.07) is 3.75.